The number of fused-ring (bicyclic) bond motifs is 3. The largest absolute Gasteiger partial charge is 0.480 e. The first-order chi connectivity index (χ1) is 16.8. The molecule has 1 fully saturated rings. The summed E-state index contributed by atoms with van der Waals surface area (Å²) in [4.78, 5) is 39.3. The van der Waals surface area contributed by atoms with Crippen LogP contribution >= 0.6 is 0 Å². The molecule has 3 unspecified atom stereocenters. The van der Waals surface area contributed by atoms with Crippen LogP contribution in [-0.2, 0) is 14.3 Å². The van der Waals surface area contributed by atoms with Crippen molar-refractivity contribution in [1.29, 1.82) is 0 Å². The molecule has 0 aliphatic heterocycles. The number of aliphatic carboxylic acids is 1. The van der Waals surface area contributed by atoms with E-state index in [0.29, 0.717) is 19.3 Å². The molecule has 0 radical (unpaired) electrons. The number of ether oxygens (including phenoxy) is 1. The summed E-state index contributed by atoms with van der Waals surface area (Å²) in [5.74, 6) is -1.32. The predicted molar refractivity (Wildman–Crippen MR) is 133 cm³/mol. The molecule has 0 spiro atoms. The van der Waals surface area contributed by atoms with Gasteiger partial charge in [-0.3, -0.25) is 4.79 Å². The van der Waals surface area contributed by atoms with E-state index in [2.05, 4.69) is 29.6 Å². The van der Waals surface area contributed by atoms with Crippen LogP contribution in [0, 0.1) is 5.41 Å². The lowest BCUT2D eigenvalue weighted by molar-refractivity contribution is -0.155. The van der Waals surface area contributed by atoms with Crippen molar-refractivity contribution in [3.8, 4) is 11.1 Å². The van der Waals surface area contributed by atoms with Gasteiger partial charge in [0.1, 0.15) is 12.6 Å². The minimum Gasteiger partial charge on any atom is -0.480 e. The van der Waals surface area contributed by atoms with E-state index < -0.39 is 29.6 Å². The third-order valence-electron chi connectivity index (χ3n) is 7.79. The molecule has 7 nitrogen and oxygen atoms in total. The predicted octanol–water partition coefficient (Wildman–Crippen LogP) is 4.80. The van der Waals surface area contributed by atoms with Gasteiger partial charge in [-0.1, -0.05) is 68.3 Å². The van der Waals surface area contributed by atoms with Crippen LogP contribution in [0.1, 0.15) is 63.0 Å². The van der Waals surface area contributed by atoms with Crippen LogP contribution in [0.3, 0.4) is 0 Å². The van der Waals surface area contributed by atoms with Crippen molar-refractivity contribution in [2.75, 3.05) is 13.7 Å². The maximum atomic E-state index is 13.4. The van der Waals surface area contributed by atoms with E-state index in [1.54, 1.807) is 6.92 Å². The van der Waals surface area contributed by atoms with Crippen molar-refractivity contribution in [2.45, 2.75) is 64.0 Å². The minimum atomic E-state index is -1.02. The third-order valence-corrected chi connectivity index (χ3v) is 7.79. The highest BCUT2D eigenvalue weighted by molar-refractivity contribution is 5.88. The topological polar surface area (TPSA) is 95.9 Å². The van der Waals surface area contributed by atoms with E-state index in [1.807, 2.05) is 31.2 Å². The first-order valence-corrected chi connectivity index (χ1v) is 12.4. The van der Waals surface area contributed by atoms with Crippen LogP contribution < -0.4 is 5.32 Å². The lowest BCUT2D eigenvalue weighted by atomic mass is 9.70. The fourth-order valence-corrected chi connectivity index (χ4v) is 5.76. The number of hydrogen-bond donors (Lipinski definition) is 2. The molecule has 0 bridgehead atoms. The van der Waals surface area contributed by atoms with Gasteiger partial charge in [0.15, 0.2) is 0 Å². The maximum Gasteiger partial charge on any atom is 0.407 e. The Hall–Kier alpha value is -3.35. The van der Waals surface area contributed by atoms with Gasteiger partial charge in [-0.05, 0) is 48.4 Å². The van der Waals surface area contributed by atoms with Crippen LogP contribution in [0.25, 0.3) is 11.1 Å². The van der Waals surface area contributed by atoms with Crippen LogP contribution in [0.2, 0.25) is 0 Å². The Labute approximate surface area is 206 Å². The van der Waals surface area contributed by atoms with Crippen LogP contribution in [0.15, 0.2) is 48.5 Å². The Bertz CT molecular complexity index is 1070. The molecule has 0 saturated heterocycles. The molecular formula is C28H34N2O5. The number of carboxylic acids is 1. The van der Waals surface area contributed by atoms with Gasteiger partial charge >= 0.3 is 12.1 Å². The van der Waals surface area contributed by atoms with Gasteiger partial charge in [0.2, 0.25) is 5.91 Å². The van der Waals surface area contributed by atoms with Gasteiger partial charge in [-0.25, -0.2) is 9.59 Å². The normalized spacial score (nSPS) is 22.0. The number of alkyl carbamates (subject to hydrolysis) is 1. The summed E-state index contributed by atoms with van der Waals surface area (Å²) in [6, 6.07) is 15.0. The van der Waals surface area contributed by atoms with Gasteiger partial charge in [-0.15, -0.1) is 0 Å². The number of rotatable bonds is 7. The van der Waals surface area contributed by atoms with Crippen LogP contribution in [0.4, 0.5) is 4.79 Å². The summed E-state index contributed by atoms with van der Waals surface area (Å²) in [5.41, 5.74) is 3.71. The summed E-state index contributed by atoms with van der Waals surface area (Å²) in [7, 11) is 1.54. The van der Waals surface area contributed by atoms with Crippen molar-refractivity contribution >= 4 is 18.0 Å². The Balaban J connectivity index is 1.45. The summed E-state index contributed by atoms with van der Waals surface area (Å²) in [6.07, 6.45) is 2.73. The molecule has 2 aliphatic carbocycles. The van der Waals surface area contributed by atoms with Gasteiger partial charge < -0.3 is 20.1 Å². The molecule has 3 atom stereocenters. The fraction of sp³-hybridized carbons (Fsp3) is 0.464. The van der Waals surface area contributed by atoms with Gasteiger partial charge in [0.25, 0.3) is 0 Å². The Kier molecular flexibility index (Phi) is 7.15. The number of benzene rings is 2. The van der Waals surface area contributed by atoms with Gasteiger partial charge in [-0.2, -0.15) is 0 Å². The lowest BCUT2D eigenvalue weighted by Gasteiger charge is -2.43. The van der Waals surface area contributed by atoms with Crippen LogP contribution in [-0.4, -0.2) is 53.7 Å². The van der Waals surface area contributed by atoms with E-state index in [-0.39, 0.29) is 18.4 Å². The van der Waals surface area contributed by atoms with Gasteiger partial charge in [0, 0.05) is 19.0 Å². The number of carboxylic acid groups (broad SMARTS) is 1. The minimum absolute atomic E-state index is 0.0421. The van der Waals surface area contributed by atoms with E-state index in [4.69, 9.17) is 4.74 Å². The molecule has 2 amide bonds. The third kappa shape index (κ3) is 4.64. The second kappa shape index (κ2) is 10.1. The Morgan fingerprint density at radius 2 is 1.69 bits per heavy atom. The summed E-state index contributed by atoms with van der Waals surface area (Å²) in [6.45, 7) is 3.78. The molecule has 7 heteroatoms. The van der Waals surface area contributed by atoms with E-state index in [9.17, 15) is 19.5 Å². The lowest BCUT2D eigenvalue weighted by Crippen LogP contribution is -2.58. The fourth-order valence-electron chi connectivity index (χ4n) is 5.76. The molecule has 2 N–H and O–H groups in total. The zero-order chi connectivity index (χ0) is 25.2. The smallest absolute Gasteiger partial charge is 0.407 e. The van der Waals surface area contributed by atoms with Crippen molar-refractivity contribution < 1.29 is 24.2 Å². The number of nitrogens with one attached hydrogen (secondary N) is 1. The van der Waals surface area contributed by atoms with E-state index in [0.717, 1.165) is 35.1 Å². The molecule has 2 aliphatic rings. The Morgan fingerprint density at radius 3 is 2.26 bits per heavy atom. The average Bonchev–Trinajstić information content (AvgIpc) is 3.17. The van der Waals surface area contributed by atoms with Crippen molar-refractivity contribution in [1.82, 2.24) is 10.2 Å². The zero-order valence-electron chi connectivity index (χ0n) is 20.6. The number of nitrogens with zero attached hydrogens (tertiary/aromatic N) is 1. The summed E-state index contributed by atoms with van der Waals surface area (Å²) < 4.78 is 5.71. The number of hydrogen-bond acceptors (Lipinski definition) is 4. The van der Waals surface area contributed by atoms with Crippen molar-refractivity contribution in [3.63, 3.8) is 0 Å². The molecule has 0 heterocycles. The molecule has 35 heavy (non-hydrogen) atoms. The molecule has 2 aromatic rings. The van der Waals surface area contributed by atoms with E-state index >= 15 is 0 Å². The molecule has 1 saturated carbocycles. The number of carbonyl (C=O) groups excluding carboxylic acids is 2. The first-order valence-electron chi connectivity index (χ1n) is 12.4. The van der Waals surface area contributed by atoms with Crippen LogP contribution in [0.5, 0.6) is 0 Å². The maximum absolute atomic E-state index is 13.4. The average molecular weight is 479 g/mol. The number of carbonyl (C=O) groups is 3. The van der Waals surface area contributed by atoms with Gasteiger partial charge in [0.05, 0.1) is 5.41 Å². The highest BCUT2D eigenvalue weighted by Gasteiger charge is 2.47. The monoisotopic (exact) mass is 478 g/mol. The molecule has 0 aromatic heterocycles. The van der Waals surface area contributed by atoms with Crippen molar-refractivity contribution in [3.05, 3.63) is 59.7 Å². The highest BCUT2D eigenvalue weighted by atomic mass is 16.5. The van der Waals surface area contributed by atoms with E-state index in [1.165, 1.54) is 11.9 Å². The first kappa shape index (κ1) is 24.8. The second-order valence-corrected chi connectivity index (χ2v) is 9.86. The zero-order valence-corrected chi connectivity index (χ0v) is 20.6. The van der Waals surface area contributed by atoms with Crippen molar-refractivity contribution in [2.24, 2.45) is 5.41 Å². The highest BCUT2D eigenvalue weighted by Crippen LogP contribution is 2.44. The SMILES string of the molecule is CCC(C(=O)O)N(C)C(=O)C1(C)CCCCC1NC(=O)OCC1c2ccccc2-c2ccccc21. The molecule has 2 aromatic carbocycles. The molecule has 186 valence electrons. The standard InChI is InChI=1S/C28H34N2O5/c1-4-23(25(31)32)30(3)26(33)28(2)16-10-9-15-24(28)29-27(34)35-17-22-20-13-7-5-11-18(20)19-12-6-8-14-21(19)22/h5-8,11-14,22-24H,4,9-10,15-17H2,1-3H3,(H,29,34)(H,31,32). The molecule has 4 rings (SSSR count). The summed E-state index contributed by atoms with van der Waals surface area (Å²) in [5, 5.41) is 12.5. The quantitative estimate of drug-likeness (QED) is 0.596. The summed E-state index contributed by atoms with van der Waals surface area (Å²) >= 11 is 0. The second-order valence-electron chi connectivity index (χ2n) is 9.86. The number of likely N-dealkylation sites (N-methyl/N-ethyl adjacent to an activating group) is 1. The number of amides is 2. The molecular weight excluding hydrogens is 444 g/mol. The Morgan fingerprint density at radius 1 is 1.09 bits per heavy atom.